The minimum atomic E-state index is -4.80. The molecule has 2 rings (SSSR count). The van der Waals surface area contributed by atoms with Gasteiger partial charge in [0.25, 0.3) is 0 Å². The lowest BCUT2D eigenvalue weighted by Crippen LogP contribution is -2.55. The number of halogens is 4. The standard InChI is InChI=1S/C21H24F4O7/c1-4-30-17(27)15-13(26)10-20(3,29)16(18(28)31-5-2)14(15)11-7-6-8-12(9-11)32-21(24,25)19(22)23/h6-9,14-16,19,29H,4-5,10H2,1-3H3/t14-,15+,16+,20-/m0/s1. The van der Waals surface area contributed by atoms with Gasteiger partial charge < -0.3 is 19.3 Å². The number of hydrogen-bond acceptors (Lipinski definition) is 7. The first-order valence-electron chi connectivity index (χ1n) is 9.89. The van der Waals surface area contributed by atoms with E-state index in [2.05, 4.69) is 4.74 Å². The van der Waals surface area contributed by atoms with Crippen LogP contribution in [0.5, 0.6) is 5.75 Å². The molecule has 178 valence electrons. The summed E-state index contributed by atoms with van der Waals surface area (Å²) in [6, 6.07) is 4.35. The summed E-state index contributed by atoms with van der Waals surface area (Å²) < 4.78 is 65.9. The van der Waals surface area contributed by atoms with Gasteiger partial charge in [-0.15, -0.1) is 0 Å². The first-order valence-corrected chi connectivity index (χ1v) is 9.89. The summed E-state index contributed by atoms with van der Waals surface area (Å²) in [6.45, 7) is 4.07. The molecule has 1 aliphatic rings. The van der Waals surface area contributed by atoms with E-state index in [1.807, 2.05) is 0 Å². The van der Waals surface area contributed by atoms with Gasteiger partial charge in [0.15, 0.2) is 5.78 Å². The minimum Gasteiger partial charge on any atom is -0.466 e. The quantitative estimate of drug-likeness (QED) is 0.359. The summed E-state index contributed by atoms with van der Waals surface area (Å²) in [5, 5.41) is 10.9. The van der Waals surface area contributed by atoms with Gasteiger partial charge in [-0.3, -0.25) is 14.4 Å². The van der Waals surface area contributed by atoms with E-state index in [1.165, 1.54) is 32.9 Å². The van der Waals surface area contributed by atoms with Gasteiger partial charge in [0.1, 0.15) is 11.7 Å². The van der Waals surface area contributed by atoms with Crippen molar-refractivity contribution in [1.29, 1.82) is 0 Å². The van der Waals surface area contributed by atoms with Crippen LogP contribution in [-0.4, -0.2) is 54.2 Å². The number of esters is 2. The van der Waals surface area contributed by atoms with Crippen LogP contribution in [0.4, 0.5) is 17.6 Å². The first kappa shape index (κ1) is 25.6. The second-order valence-corrected chi connectivity index (χ2v) is 7.52. The van der Waals surface area contributed by atoms with E-state index in [9.17, 15) is 37.1 Å². The number of Topliss-reactive ketones (excluding diaryl/α,β-unsaturated/α-hetero) is 1. The molecule has 32 heavy (non-hydrogen) atoms. The normalized spacial score (nSPS) is 26.0. The summed E-state index contributed by atoms with van der Waals surface area (Å²) in [5.74, 6) is -7.71. The van der Waals surface area contributed by atoms with Crippen LogP contribution in [0.25, 0.3) is 0 Å². The molecule has 1 aliphatic carbocycles. The number of benzene rings is 1. The number of aliphatic hydroxyl groups is 1. The predicted octanol–water partition coefficient (Wildman–Crippen LogP) is 3.09. The lowest BCUT2D eigenvalue weighted by Gasteiger charge is -2.43. The Morgan fingerprint density at radius 3 is 2.34 bits per heavy atom. The molecule has 4 atom stereocenters. The van der Waals surface area contributed by atoms with E-state index < -0.39 is 65.8 Å². The largest absolute Gasteiger partial charge is 0.466 e. The van der Waals surface area contributed by atoms with E-state index in [4.69, 9.17) is 9.47 Å². The van der Waals surface area contributed by atoms with Gasteiger partial charge in [-0.25, -0.2) is 0 Å². The van der Waals surface area contributed by atoms with Gasteiger partial charge in [-0.1, -0.05) is 12.1 Å². The van der Waals surface area contributed by atoms with Gasteiger partial charge in [0.2, 0.25) is 0 Å². The Morgan fingerprint density at radius 2 is 1.78 bits per heavy atom. The Hall–Kier alpha value is -2.69. The summed E-state index contributed by atoms with van der Waals surface area (Å²) in [5.41, 5.74) is -1.99. The SMILES string of the molecule is CCOC(=O)[C@@H]1C(=O)C[C@](C)(O)[C@@H](C(=O)OCC)[C@H]1c1cccc(OC(F)(F)C(F)F)c1. The highest BCUT2D eigenvalue weighted by Crippen LogP contribution is 2.47. The Kier molecular flexibility index (Phi) is 7.87. The molecule has 11 heteroatoms. The van der Waals surface area contributed by atoms with E-state index in [0.717, 1.165) is 12.1 Å². The van der Waals surface area contributed by atoms with Crippen molar-refractivity contribution in [3.05, 3.63) is 29.8 Å². The van der Waals surface area contributed by atoms with Gasteiger partial charge in [0, 0.05) is 12.3 Å². The first-order chi connectivity index (χ1) is 14.9. The molecule has 7 nitrogen and oxygen atoms in total. The van der Waals surface area contributed by atoms with Crippen LogP contribution in [-0.2, 0) is 23.9 Å². The molecule has 0 bridgehead atoms. The monoisotopic (exact) mass is 464 g/mol. The highest BCUT2D eigenvalue weighted by atomic mass is 19.3. The van der Waals surface area contributed by atoms with Crippen molar-refractivity contribution in [1.82, 2.24) is 0 Å². The number of carbonyl (C=O) groups excluding carboxylic acids is 3. The third-order valence-corrected chi connectivity index (χ3v) is 5.10. The summed E-state index contributed by atoms with van der Waals surface area (Å²) in [7, 11) is 0. The van der Waals surface area contributed by atoms with Crippen LogP contribution in [0.15, 0.2) is 24.3 Å². The fraction of sp³-hybridized carbons (Fsp3) is 0.571. The molecule has 0 spiro atoms. The Labute approximate surface area is 181 Å². The maximum atomic E-state index is 13.4. The molecular formula is C21H24F4O7. The number of hydrogen-bond donors (Lipinski definition) is 1. The maximum absolute atomic E-state index is 13.4. The molecular weight excluding hydrogens is 440 g/mol. The second-order valence-electron chi connectivity index (χ2n) is 7.52. The van der Waals surface area contributed by atoms with Crippen molar-refractivity contribution >= 4 is 17.7 Å². The maximum Gasteiger partial charge on any atom is 0.461 e. The van der Waals surface area contributed by atoms with Crippen LogP contribution in [0.2, 0.25) is 0 Å². The highest BCUT2D eigenvalue weighted by molar-refractivity contribution is 6.02. The van der Waals surface area contributed by atoms with Crippen molar-refractivity contribution in [2.75, 3.05) is 13.2 Å². The molecule has 1 N–H and O–H groups in total. The van der Waals surface area contributed by atoms with Crippen LogP contribution in [0, 0.1) is 11.8 Å². The zero-order valence-electron chi connectivity index (χ0n) is 17.6. The van der Waals surface area contributed by atoms with Crippen molar-refractivity contribution < 1.29 is 51.3 Å². The van der Waals surface area contributed by atoms with Crippen LogP contribution < -0.4 is 4.74 Å². The summed E-state index contributed by atoms with van der Waals surface area (Å²) >= 11 is 0. The smallest absolute Gasteiger partial charge is 0.461 e. The lowest BCUT2D eigenvalue weighted by molar-refractivity contribution is -0.253. The topological polar surface area (TPSA) is 99.1 Å². The van der Waals surface area contributed by atoms with Crippen molar-refractivity contribution in [3.63, 3.8) is 0 Å². The minimum absolute atomic E-state index is 0.0444. The number of alkyl halides is 4. The Bertz CT molecular complexity index is 856. The third kappa shape index (κ3) is 5.37. The van der Waals surface area contributed by atoms with Crippen LogP contribution in [0.3, 0.4) is 0 Å². The summed E-state index contributed by atoms with van der Waals surface area (Å²) in [4.78, 5) is 38.1. The fourth-order valence-corrected chi connectivity index (χ4v) is 3.87. The third-order valence-electron chi connectivity index (χ3n) is 5.10. The molecule has 1 fully saturated rings. The molecule has 0 saturated heterocycles. The average Bonchev–Trinajstić information content (AvgIpc) is 2.66. The Morgan fingerprint density at radius 1 is 1.19 bits per heavy atom. The zero-order chi connectivity index (χ0) is 24.3. The predicted molar refractivity (Wildman–Crippen MR) is 101 cm³/mol. The van der Waals surface area contributed by atoms with E-state index in [1.54, 1.807) is 0 Å². The molecule has 1 aromatic carbocycles. The van der Waals surface area contributed by atoms with Crippen LogP contribution >= 0.6 is 0 Å². The molecule has 0 aromatic heterocycles. The zero-order valence-corrected chi connectivity index (χ0v) is 17.6. The van der Waals surface area contributed by atoms with Crippen molar-refractivity contribution in [2.45, 2.75) is 51.2 Å². The van der Waals surface area contributed by atoms with Gasteiger partial charge in [-0.2, -0.15) is 17.6 Å². The molecule has 1 saturated carbocycles. The highest BCUT2D eigenvalue weighted by Gasteiger charge is 2.57. The molecule has 0 unspecified atom stereocenters. The van der Waals surface area contributed by atoms with E-state index >= 15 is 0 Å². The molecule has 0 aliphatic heterocycles. The number of ketones is 1. The summed E-state index contributed by atoms with van der Waals surface area (Å²) in [6.07, 6.45) is -9.47. The van der Waals surface area contributed by atoms with Gasteiger partial charge in [0.05, 0.1) is 24.7 Å². The molecule has 0 amide bonds. The number of rotatable bonds is 8. The Balaban J connectivity index is 2.62. The number of ether oxygens (including phenoxy) is 3. The van der Waals surface area contributed by atoms with E-state index in [0.29, 0.717) is 0 Å². The fourth-order valence-electron chi connectivity index (χ4n) is 3.87. The van der Waals surface area contributed by atoms with Crippen LogP contribution in [0.1, 0.15) is 38.7 Å². The van der Waals surface area contributed by atoms with Crippen molar-refractivity contribution in [2.24, 2.45) is 11.8 Å². The van der Waals surface area contributed by atoms with E-state index in [-0.39, 0.29) is 18.8 Å². The average molecular weight is 464 g/mol. The van der Waals surface area contributed by atoms with Gasteiger partial charge >= 0.3 is 24.5 Å². The van der Waals surface area contributed by atoms with Gasteiger partial charge in [-0.05, 0) is 38.5 Å². The van der Waals surface area contributed by atoms with Crippen molar-refractivity contribution in [3.8, 4) is 5.75 Å². The molecule has 0 heterocycles. The molecule has 1 aromatic rings. The number of carbonyl (C=O) groups is 3. The molecule has 0 radical (unpaired) electrons. The lowest BCUT2D eigenvalue weighted by atomic mass is 9.61. The second kappa shape index (κ2) is 9.85.